The van der Waals surface area contributed by atoms with E-state index in [1.807, 2.05) is 23.9 Å². The van der Waals surface area contributed by atoms with Crippen LogP contribution in [0.1, 0.15) is 39.4 Å². The highest BCUT2D eigenvalue weighted by atomic mass is 32.2. The molecule has 4 heteroatoms. The summed E-state index contributed by atoms with van der Waals surface area (Å²) in [6.45, 7) is 6.64. The Morgan fingerprint density at radius 3 is 3.11 bits per heavy atom. The fraction of sp³-hybridized carbons (Fsp3) is 0.643. The summed E-state index contributed by atoms with van der Waals surface area (Å²) < 4.78 is 5.36. The third-order valence-corrected chi connectivity index (χ3v) is 4.39. The molecule has 1 saturated heterocycles. The third-order valence-electron chi connectivity index (χ3n) is 3.50. The van der Waals surface area contributed by atoms with Crippen LogP contribution >= 0.6 is 11.8 Å². The van der Waals surface area contributed by atoms with Gasteiger partial charge in [0.05, 0.1) is 12.3 Å². The molecular weight excluding hydrogens is 244 g/mol. The van der Waals surface area contributed by atoms with Gasteiger partial charge in [-0.1, -0.05) is 18.7 Å². The van der Waals surface area contributed by atoms with Crippen LogP contribution in [-0.4, -0.2) is 22.5 Å². The molecule has 2 heterocycles. The van der Waals surface area contributed by atoms with Gasteiger partial charge in [0.15, 0.2) is 5.17 Å². The topological polar surface area (TPSA) is 37.5 Å². The Kier molecular flexibility index (Phi) is 4.38. The first-order valence-electron chi connectivity index (χ1n) is 6.62. The SMILES string of the molecule is CCC1(C)CCSC(=NC(C)Cc2ccco2)N1. The van der Waals surface area contributed by atoms with E-state index in [4.69, 9.17) is 9.41 Å². The molecule has 0 amide bonds. The number of rotatable bonds is 4. The van der Waals surface area contributed by atoms with E-state index in [1.165, 1.54) is 6.42 Å². The van der Waals surface area contributed by atoms with Crippen LogP contribution in [0.4, 0.5) is 0 Å². The highest BCUT2D eigenvalue weighted by molar-refractivity contribution is 8.13. The number of nitrogens with zero attached hydrogens (tertiary/aromatic N) is 1. The molecule has 1 N–H and O–H groups in total. The molecule has 0 aliphatic carbocycles. The lowest BCUT2D eigenvalue weighted by atomic mass is 9.96. The van der Waals surface area contributed by atoms with E-state index in [0.29, 0.717) is 0 Å². The number of thioether (sulfide) groups is 1. The van der Waals surface area contributed by atoms with Gasteiger partial charge in [-0.05, 0) is 38.8 Å². The first kappa shape index (κ1) is 13.5. The lowest BCUT2D eigenvalue weighted by Crippen LogP contribution is -2.48. The number of furan rings is 1. The number of nitrogens with one attached hydrogen (secondary N) is 1. The summed E-state index contributed by atoms with van der Waals surface area (Å²) in [4.78, 5) is 4.76. The summed E-state index contributed by atoms with van der Waals surface area (Å²) in [5.41, 5.74) is 0.217. The van der Waals surface area contributed by atoms with Crippen LogP contribution in [0.25, 0.3) is 0 Å². The van der Waals surface area contributed by atoms with Crippen LogP contribution in [0, 0.1) is 0 Å². The molecule has 2 unspecified atom stereocenters. The van der Waals surface area contributed by atoms with Gasteiger partial charge in [-0.2, -0.15) is 0 Å². The van der Waals surface area contributed by atoms with Crippen LogP contribution in [-0.2, 0) is 6.42 Å². The molecule has 1 aromatic heterocycles. The van der Waals surface area contributed by atoms with Crippen molar-refractivity contribution in [1.29, 1.82) is 0 Å². The molecule has 0 bridgehead atoms. The van der Waals surface area contributed by atoms with Gasteiger partial charge < -0.3 is 9.73 Å². The number of aliphatic imine (C=N–C) groups is 1. The van der Waals surface area contributed by atoms with E-state index < -0.39 is 0 Å². The highest BCUT2D eigenvalue weighted by Gasteiger charge is 2.27. The Morgan fingerprint density at radius 1 is 1.61 bits per heavy atom. The van der Waals surface area contributed by atoms with Crippen molar-refractivity contribution in [2.75, 3.05) is 5.75 Å². The van der Waals surface area contributed by atoms with Crippen molar-refractivity contribution in [2.45, 2.75) is 51.6 Å². The minimum absolute atomic E-state index is 0.217. The first-order valence-corrected chi connectivity index (χ1v) is 7.61. The minimum atomic E-state index is 0.217. The normalized spacial score (nSPS) is 28.1. The molecule has 2 rings (SSSR count). The van der Waals surface area contributed by atoms with Crippen LogP contribution in [0.5, 0.6) is 0 Å². The predicted molar refractivity (Wildman–Crippen MR) is 78.2 cm³/mol. The van der Waals surface area contributed by atoms with Crippen LogP contribution in [0.2, 0.25) is 0 Å². The maximum Gasteiger partial charge on any atom is 0.157 e. The highest BCUT2D eigenvalue weighted by Crippen LogP contribution is 2.25. The second-order valence-electron chi connectivity index (χ2n) is 5.20. The smallest absolute Gasteiger partial charge is 0.157 e. The van der Waals surface area contributed by atoms with E-state index in [-0.39, 0.29) is 11.6 Å². The fourth-order valence-corrected chi connectivity index (χ4v) is 3.35. The maximum absolute atomic E-state index is 5.36. The van der Waals surface area contributed by atoms with Crippen LogP contribution in [0.3, 0.4) is 0 Å². The summed E-state index contributed by atoms with van der Waals surface area (Å²) in [5, 5.41) is 4.66. The molecule has 1 aliphatic rings. The molecule has 100 valence electrons. The molecule has 2 atom stereocenters. The predicted octanol–water partition coefficient (Wildman–Crippen LogP) is 3.46. The van der Waals surface area contributed by atoms with Gasteiger partial charge in [-0.15, -0.1) is 0 Å². The molecule has 0 radical (unpaired) electrons. The largest absolute Gasteiger partial charge is 0.469 e. The fourth-order valence-electron chi connectivity index (χ4n) is 2.03. The Hall–Kier alpha value is -0.900. The molecule has 1 aliphatic heterocycles. The van der Waals surface area contributed by atoms with Gasteiger partial charge in [-0.3, -0.25) is 4.99 Å². The van der Waals surface area contributed by atoms with E-state index >= 15 is 0 Å². The Balaban J connectivity index is 1.95. The van der Waals surface area contributed by atoms with E-state index in [1.54, 1.807) is 6.26 Å². The second-order valence-corrected chi connectivity index (χ2v) is 6.29. The summed E-state index contributed by atoms with van der Waals surface area (Å²) in [6.07, 6.45) is 4.93. The summed E-state index contributed by atoms with van der Waals surface area (Å²) in [5.74, 6) is 2.16. The lowest BCUT2D eigenvalue weighted by molar-refractivity contribution is 0.389. The number of hydrogen-bond acceptors (Lipinski definition) is 3. The van der Waals surface area contributed by atoms with Crippen molar-refractivity contribution in [3.63, 3.8) is 0 Å². The summed E-state index contributed by atoms with van der Waals surface area (Å²) in [6, 6.07) is 4.19. The molecule has 1 aromatic rings. The lowest BCUT2D eigenvalue weighted by Gasteiger charge is -2.35. The quantitative estimate of drug-likeness (QED) is 0.907. The third kappa shape index (κ3) is 3.55. The Morgan fingerprint density at radius 2 is 2.44 bits per heavy atom. The zero-order valence-corrected chi connectivity index (χ0v) is 12.2. The van der Waals surface area contributed by atoms with Crippen molar-refractivity contribution in [1.82, 2.24) is 5.32 Å². The molecule has 1 fully saturated rings. The van der Waals surface area contributed by atoms with Gasteiger partial charge >= 0.3 is 0 Å². The zero-order chi connectivity index (χ0) is 13.0. The second kappa shape index (κ2) is 5.83. The number of amidine groups is 1. The summed E-state index contributed by atoms with van der Waals surface area (Å²) >= 11 is 1.83. The van der Waals surface area contributed by atoms with Crippen LogP contribution in [0.15, 0.2) is 27.8 Å². The van der Waals surface area contributed by atoms with Crippen molar-refractivity contribution in [3.8, 4) is 0 Å². The average molecular weight is 266 g/mol. The number of hydrogen-bond donors (Lipinski definition) is 1. The van der Waals surface area contributed by atoms with Crippen LogP contribution < -0.4 is 5.32 Å². The molecular formula is C14H22N2OS. The van der Waals surface area contributed by atoms with Gasteiger partial charge in [0.25, 0.3) is 0 Å². The molecule has 0 saturated carbocycles. The van der Waals surface area contributed by atoms with Gasteiger partial charge in [0.1, 0.15) is 5.76 Å². The van der Waals surface area contributed by atoms with Gasteiger partial charge in [-0.25, -0.2) is 0 Å². The standard InChI is InChI=1S/C14H22N2OS/c1-4-14(3)7-9-18-13(16-14)15-11(2)10-12-6-5-8-17-12/h5-6,8,11H,4,7,9-10H2,1-3H3,(H,15,16). The van der Waals surface area contributed by atoms with Crippen molar-refractivity contribution >= 4 is 16.9 Å². The molecule has 3 nitrogen and oxygen atoms in total. The zero-order valence-electron chi connectivity index (χ0n) is 11.4. The molecule has 18 heavy (non-hydrogen) atoms. The molecule has 0 aromatic carbocycles. The van der Waals surface area contributed by atoms with Crippen molar-refractivity contribution in [2.24, 2.45) is 4.99 Å². The molecule has 0 spiro atoms. The van der Waals surface area contributed by atoms with Crippen molar-refractivity contribution < 1.29 is 4.42 Å². The Bertz CT molecular complexity index is 402. The average Bonchev–Trinajstić information content (AvgIpc) is 2.81. The maximum atomic E-state index is 5.36. The minimum Gasteiger partial charge on any atom is -0.469 e. The first-order chi connectivity index (χ1) is 8.61. The summed E-state index contributed by atoms with van der Waals surface area (Å²) in [7, 11) is 0. The van der Waals surface area contributed by atoms with Gasteiger partial charge in [0, 0.05) is 17.7 Å². The van der Waals surface area contributed by atoms with E-state index in [2.05, 4.69) is 26.1 Å². The monoisotopic (exact) mass is 266 g/mol. The Labute approximate surface area is 113 Å². The van der Waals surface area contributed by atoms with E-state index in [9.17, 15) is 0 Å². The van der Waals surface area contributed by atoms with Gasteiger partial charge in [0.2, 0.25) is 0 Å². The van der Waals surface area contributed by atoms with E-state index in [0.717, 1.165) is 29.5 Å². The van der Waals surface area contributed by atoms with Crippen molar-refractivity contribution in [3.05, 3.63) is 24.2 Å².